The first-order valence-electron chi connectivity index (χ1n) is 11.7. The highest BCUT2D eigenvalue weighted by Crippen LogP contribution is 2.41. The molecule has 0 N–H and O–H groups in total. The van der Waals surface area contributed by atoms with Crippen LogP contribution in [-0.2, 0) is 20.8 Å². The van der Waals surface area contributed by atoms with Gasteiger partial charge in [-0.2, -0.15) is 0 Å². The molecule has 0 saturated heterocycles. The monoisotopic (exact) mass is 494 g/mol. The molecular weight excluding hydrogens is 460 g/mol. The van der Waals surface area contributed by atoms with Crippen molar-refractivity contribution in [1.82, 2.24) is 9.55 Å². The van der Waals surface area contributed by atoms with Gasteiger partial charge in [0.1, 0.15) is 34.9 Å². The zero-order chi connectivity index (χ0) is 26.7. The van der Waals surface area contributed by atoms with Crippen molar-refractivity contribution in [2.75, 3.05) is 14.2 Å². The molecule has 0 saturated carbocycles. The van der Waals surface area contributed by atoms with E-state index in [4.69, 9.17) is 23.9 Å². The Kier molecular flexibility index (Phi) is 7.77. The smallest absolute Gasteiger partial charge is 0.375 e. The molecule has 8 heteroatoms. The number of para-hydroxylation sites is 2. The van der Waals surface area contributed by atoms with Gasteiger partial charge in [0, 0.05) is 11.1 Å². The number of nitrogens with zero attached hydrogens (tertiary/aromatic N) is 2. The number of carbonyl (C=O) groups excluding carboxylic acids is 2. The molecule has 0 spiro atoms. The number of carbonyl (C=O) groups is 2. The maximum Gasteiger partial charge on any atom is 0.375 e. The Hall–Kier alpha value is -3.81. The maximum atomic E-state index is 13.4. The minimum Gasteiger partial charge on any atom is -0.496 e. The van der Waals surface area contributed by atoms with Gasteiger partial charge in [-0.05, 0) is 65.8 Å². The van der Waals surface area contributed by atoms with Gasteiger partial charge < -0.3 is 23.5 Å². The molecule has 0 unspecified atom stereocenters. The zero-order valence-corrected chi connectivity index (χ0v) is 22.2. The van der Waals surface area contributed by atoms with Gasteiger partial charge in [-0.3, -0.25) is 4.79 Å². The predicted octanol–water partition coefficient (Wildman–Crippen LogP) is 5.53. The molecule has 8 nitrogen and oxygen atoms in total. The second kappa shape index (κ2) is 10.4. The quantitative estimate of drug-likeness (QED) is 0.399. The van der Waals surface area contributed by atoms with Crippen LogP contribution in [0.3, 0.4) is 0 Å². The van der Waals surface area contributed by atoms with Crippen molar-refractivity contribution in [3.63, 3.8) is 0 Å². The second-order valence-electron chi connectivity index (χ2n) is 10.2. The van der Waals surface area contributed by atoms with Crippen molar-refractivity contribution >= 4 is 11.9 Å². The van der Waals surface area contributed by atoms with E-state index in [1.54, 1.807) is 67.9 Å². The molecule has 0 aliphatic heterocycles. The van der Waals surface area contributed by atoms with E-state index < -0.39 is 23.1 Å². The molecule has 2 aromatic carbocycles. The van der Waals surface area contributed by atoms with Crippen LogP contribution in [-0.4, -0.2) is 46.9 Å². The lowest BCUT2D eigenvalue weighted by Gasteiger charge is -2.22. The van der Waals surface area contributed by atoms with Gasteiger partial charge in [0.2, 0.25) is 5.82 Å². The number of rotatable bonds is 7. The standard InChI is InChI=1S/C28H34N2O6/c1-27(2,3)35-22(31)17-30-24(19-14-10-12-16-21(19)34-8)23(18-13-9-11-15-20(18)33-7)29-25(30)26(32)36-28(4,5)6/h9-16H,17H2,1-8H3. The summed E-state index contributed by atoms with van der Waals surface area (Å²) in [7, 11) is 3.12. The Bertz CT molecular complexity index is 1250. The van der Waals surface area contributed by atoms with Crippen LogP contribution >= 0.6 is 0 Å². The fourth-order valence-electron chi connectivity index (χ4n) is 3.73. The summed E-state index contributed by atoms with van der Waals surface area (Å²) in [5.74, 6) is -0.102. The summed E-state index contributed by atoms with van der Waals surface area (Å²) in [6.07, 6.45) is 0. The lowest BCUT2D eigenvalue weighted by molar-refractivity contribution is -0.155. The summed E-state index contributed by atoms with van der Waals surface area (Å²) >= 11 is 0. The van der Waals surface area contributed by atoms with Crippen LogP contribution in [0.2, 0.25) is 0 Å². The predicted molar refractivity (Wildman–Crippen MR) is 137 cm³/mol. The van der Waals surface area contributed by atoms with E-state index in [1.165, 1.54) is 4.57 Å². The summed E-state index contributed by atoms with van der Waals surface area (Å²) in [4.78, 5) is 31.1. The van der Waals surface area contributed by atoms with Crippen LogP contribution in [0, 0.1) is 0 Å². The molecular formula is C28H34N2O6. The van der Waals surface area contributed by atoms with E-state index in [9.17, 15) is 9.59 Å². The van der Waals surface area contributed by atoms with Crippen LogP contribution in [0.25, 0.3) is 22.5 Å². The first-order valence-corrected chi connectivity index (χ1v) is 11.7. The van der Waals surface area contributed by atoms with Crippen molar-refractivity contribution in [3.8, 4) is 34.0 Å². The first-order chi connectivity index (χ1) is 16.8. The summed E-state index contributed by atoms with van der Waals surface area (Å²) in [6, 6.07) is 14.7. The average molecular weight is 495 g/mol. The lowest BCUT2D eigenvalue weighted by Crippen LogP contribution is -2.29. The number of hydrogen-bond donors (Lipinski definition) is 0. The summed E-state index contributed by atoms with van der Waals surface area (Å²) < 4.78 is 24.0. The molecule has 0 aliphatic carbocycles. The van der Waals surface area contributed by atoms with Gasteiger partial charge in [-0.15, -0.1) is 0 Å². The highest BCUT2D eigenvalue weighted by molar-refractivity contribution is 5.93. The highest BCUT2D eigenvalue weighted by Gasteiger charge is 2.31. The van der Waals surface area contributed by atoms with Crippen LogP contribution in [0.15, 0.2) is 48.5 Å². The highest BCUT2D eigenvalue weighted by atomic mass is 16.6. The van der Waals surface area contributed by atoms with Gasteiger partial charge in [0.25, 0.3) is 0 Å². The number of methoxy groups -OCH3 is 2. The topological polar surface area (TPSA) is 88.9 Å². The van der Waals surface area contributed by atoms with E-state index in [-0.39, 0.29) is 12.4 Å². The van der Waals surface area contributed by atoms with Crippen molar-refractivity contribution in [2.24, 2.45) is 0 Å². The van der Waals surface area contributed by atoms with E-state index in [1.807, 2.05) is 36.4 Å². The van der Waals surface area contributed by atoms with Crippen LogP contribution < -0.4 is 9.47 Å². The van der Waals surface area contributed by atoms with Gasteiger partial charge in [0.15, 0.2) is 0 Å². The summed E-state index contributed by atoms with van der Waals surface area (Å²) in [5.41, 5.74) is 0.764. The number of aromatic nitrogens is 2. The SMILES string of the molecule is COc1ccccc1-c1nc(C(=O)OC(C)(C)C)n(CC(=O)OC(C)(C)C)c1-c1ccccc1OC. The Labute approximate surface area is 212 Å². The molecule has 3 rings (SSSR count). The number of benzene rings is 2. The molecule has 0 aliphatic rings. The van der Waals surface area contributed by atoms with Crippen molar-refractivity contribution in [3.05, 3.63) is 54.4 Å². The number of esters is 2. The lowest BCUT2D eigenvalue weighted by atomic mass is 10.0. The number of imidazole rings is 1. The molecule has 0 fully saturated rings. The Morgan fingerprint density at radius 1 is 0.778 bits per heavy atom. The molecule has 0 atom stereocenters. The van der Waals surface area contributed by atoms with Gasteiger partial charge in [-0.1, -0.05) is 24.3 Å². The van der Waals surface area contributed by atoms with Crippen molar-refractivity contribution in [1.29, 1.82) is 0 Å². The van der Waals surface area contributed by atoms with E-state index in [2.05, 4.69) is 0 Å². The van der Waals surface area contributed by atoms with Crippen LogP contribution in [0.4, 0.5) is 0 Å². The molecule has 3 aromatic rings. The van der Waals surface area contributed by atoms with Crippen LogP contribution in [0.1, 0.15) is 52.2 Å². The van der Waals surface area contributed by atoms with Gasteiger partial charge in [-0.25, -0.2) is 9.78 Å². The fraction of sp³-hybridized carbons (Fsp3) is 0.393. The zero-order valence-electron chi connectivity index (χ0n) is 22.2. The van der Waals surface area contributed by atoms with Crippen molar-refractivity contribution in [2.45, 2.75) is 59.3 Å². The number of ether oxygens (including phenoxy) is 4. The molecule has 36 heavy (non-hydrogen) atoms. The molecule has 1 heterocycles. The number of hydrogen-bond acceptors (Lipinski definition) is 7. The van der Waals surface area contributed by atoms with Crippen molar-refractivity contribution < 1.29 is 28.5 Å². The third kappa shape index (κ3) is 6.24. The fourth-order valence-corrected chi connectivity index (χ4v) is 3.73. The summed E-state index contributed by atoms with van der Waals surface area (Å²) in [6.45, 7) is 10.4. The maximum absolute atomic E-state index is 13.4. The van der Waals surface area contributed by atoms with E-state index >= 15 is 0 Å². The second-order valence-corrected chi connectivity index (χ2v) is 10.2. The third-order valence-corrected chi connectivity index (χ3v) is 4.98. The largest absolute Gasteiger partial charge is 0.496 e. The van der Waals surface area contributed by atoms with E-state index in [0.29, 0.717) is 34.0 Å². The molecule has 1 aromatic heterocycles. The normalized spacial score (nSPS) is 11.7. The molecule has 0 amide bonds. The first kappa shape index (κ1) is 26.8. The minimum absolute atomic E-state index is 0.0300. The van der Waals surface area contributed by atoms with E-state index in [0.717, 1.165) is 0 Å². The molecule has 0 bridgehead atoms. The Morgan fingerprint density at radius 3 is 1.81 bits per heavy atom. The van der Waals surface area contributed by atoms with Gasteiger partial charge >= 0.3 is 11.9 Å². The summed E-state index contributed by atoms with van der Waals surface area (Å²) in [5, 5.41) is 0. The Morgan fingerprint density at radius 2 is 1.28 bits per heavy atom. The minimum atomic E-state index is -0.769. The molecule has 192 valence electrons. The molecule has 0 radical (unpaired) electrons. The third-order valence-electron chi connectivity index (χ3n) is 4.98. The van der Waals surface area contributed by atoms with Crippen LogP contribution in [0.5, 0.6) is 11.5 Å². The average Bonchev–Trinajstić information content (AvgIpc) is 3.15. The Balaban J connectivity index is 2.36. The van der Waals surface area contributed by atoms with Gasteiger partial charge in [0.05, 0.1) is 19.9 Å².